The number of nitrogens with zero attached hydrogens (tertiary/aromatic N) is 4. The third kappa shape index (κ3) is 4.11. The highest BCUT2D eigenvalue weighted by atomic mass is 16.2. The van der Waals surface area contributed by atoms with E-state index in [4.69, 9.17) is 0 Å². The van der Waals surface area contributed by atoms with Gasteiger partial charge in [-0.05, 0) is 35.6 Å². The Labute approximate surface area is 179 Å². The SMILES string of the molecule is CN(C)C(=O)[C@]1(Cc2ccc(-c3cccnc3)cc2)CCN(C(=O)c2n[nH]c(=O)[nH]2)C1. The van der Waals surface area contributed by atoms with Crippen LogP contribution in [0.1, 0.15) is 22.6 Å². The first kappa shape index (κ1) is 20.5. The van der Waals surface area contributed by atoms with Crippen LogP contribution in [0.3, 0.4) is 0 Å². The molecule has 9 nitrogen and oxygen atoms in total. The molecule has 0 saturated carbocycles. The van der Waals surface area contributed by atoms with E-state index in [9.17, 15) is 14.4 Å². The average molecular weight is 420 g/mol. The van der Waals surface area contributed by atoms with Crippen molar-refractivity contribution in [2.24, 2.45) is 5.41 Å². The summed E-state index contributed by atoms with van der Waals surface area (Å²) in [6.45, 7) is 0.684. The van der Waals surface area contributed by atoms with E-state index in [-0.39, 0.29) is 18.3 Å². The van der Waals surface area contributed by atoms with Crippen LogP contribution in [0.15, 0.2) is 53.6 Å². The van der Waals surface area contributed by atoms with Gasteiger partial charge in [-0.25, -0.2) is 9.89 Å². The van der Waals surface area contributed by atoms with Gasteiger partial charge in [0, 0.05) is 39.6 Å². The summed E-state index contributed by atoms with van der Waals surface area (Å²) in [4.78, 5) is 46.9. The molecule has 1 aromatic carbocycles. The highest BCUT2D eigenvalue weighted by Gasteiger charge is 2.47. The molecule has 0 spiro atoms. The van der Waals surface area contributed by atoms with Gasteiger partial charge in [0.1, 0.15) is 0 Å². The number of nitrogens with one attached hydrogen (secondary N) is 2. The first-order chi connectivity index (χ1) is 14.9. The summed E-state index contributed by atoms with van der Waals surface area (Å²) in [6, 6.07) is 12.0. The second-order valence-electron chi connectivity index (χ2n) is 8.10. The zero-order valence-electron chi connectivity index (χ0n) is 17.5. The second-order valence-corrected chi connectivity index (χ2v) is 8.10. The quantitative estimate of drug-likeness (QED) is 0.646. The standard InChI is InChI=1S/C22H24N6O3/c1-27(2)20(30)22(9-11-28(14-22)19(29)18-24-21(31)26-25-18)12-15-5-7-16(8-6-15)17-4-3-10-23-13-17/h3-8,10,13H,9,11-12,14H2,1-2H3,(H2,24,25,26,31)/t22-/m0/s1. The smallest absolute Gasteiger partial charge is 0.341 e. The minimum atomic E-state index is -0.731. The largest absolute Gasteiger partial charge is 0.348 e. The molecule has 2 N–H and O–H groups in total. The monoisotopic (exact) mass is 420 g/mol. The normalized spacial score (nSPS) is 18.2. The van der Waals surface area contributed by atoms with Crippen LogP contribution < -0.4 is 5.69 Å². The maximum Gasteiger partial charge on any atom is 0.341 e. The van der Waals surface area contributed by atoms with Crippen molar-refractivity contribution in [1.29, 1.82) is 0 Å². The first-order valence-corrected chi connectivity index (χ1v) is 10.0. The third-order valence-corrected chi connectivity index (χ3v) is 5.70. The van der Waals surface area contributed by atoms with Crippen LogP contribution >= 0.6 is 0 Å². The van der Waals surface area contributed by atoms with Gasteiger partial charge in [-0.15, -0.1) is 5.10 Å². The molecular weight excluding hydrogens is 396 g/mol. The van der Waals surface area contributed by atoms with Gasteiger partial charge in [0.25, 0.3) is 5.91 Å². The van der Waals surface area contributed by atoms with Crippen LogP contribution in [-0.4, -0.2) is 69.0 Å². The van der Waals surface area contributed by atoms with Gasteiger partial charge < -0.3 is 9.80 Å². The number of pyridine rings is 1. The van der Waals surface area contributed by atoms with E-state index in [1.165, 1.54) is 0 Å². The zero-order chi connectivity index (χ0) is 22.0. The highest BCUT2D eigenvalue weighted by Crippen LogP contribution is 2.37. The lowest BCUT2D eigenvalue weighted by molar-refractivity contribution is -0.138. The molecule has 1 atom stereocenters. The topological polar surface area (TPSA) is 115 Å². The molecule has 1 fully saturated rings. The summed E-state index contributed by atoms with van der Waals surface area (Å²) in [7, 11) is 3.45. The zero-order valence-corrected chi connectivity index (χ0v) is 17.5. The van der Waals surface area contributed by atoms with E-state index in [0.29, 0.717) is 19.4 Å². The van der Waals surface area contributed by atoms with Crippen molar-refractivity contribution in [3.63, 3.8) is 0 Å². The predicted molar refractivity (Wildman–Crippen MR) is 114 cm³/mol. The Morgan fingerprint density at radius 1 is 1.16 bits per heavy atom. The van der Waals surface area contributed by atoms with Gasteiger partial charge in [-0.2, -0.15) is 0 Å². The molecule has 160 valence electrons. The van der Waals surface area contributed by atoms with Crippen LogP contribution in [-0.2, 0) is 11.2 Å². The average Bonchev–Trinajstić information content (AvgIpc) is 3.41. The lowest BCUT2D eigenvalue weighted by Crippen LogP contribution is -2.44. The molecule has 2 amide bonds. The highest BCUT2D eigenvalue weighted by molar-refractivity contribution is 5.92. The number of carbonyl (C=O) groups is 2. The molecule has 2 aromatic heterocycles. The molecule has 3 aromatic rings. The number of aromatic nitrogens is 4. The minimum absolute atomic E-state index is 0.0188. The number of hydrogen-bond donors (Lipinski definition) is 2. The van der Waals surface area contributed by atoms with Gasteiger partial charge in [0.05, 0.1) is 5.41 Å². The Morgan fingerprint density at radius 2 is 1.94 bits per heavy atom. The van der Waals surface area contributed by atoms with Crippen molar-refractivity contribution >= 4 is 11.8 Å². The Bertz CT molecular complexity index is 1140. The van der Waals surface area contributed by atoms with Crippen molar-refractivity contribution in [2.45, 2.75) is 12.8 Å². The van der Waals surface area contributed by atoms with Gasteiger partial charge >= 0.3 is 5.69 Å². The summed E-state index contributed by atoms with van der Waals surface area (Å²) >= 11 is 0. The molecule has 0 aliphatic carbocycles. The summed E-state index contributed by atoms with van der Waals surface area (Å²) in [5.41, 5.74) is 1.83. The molecule has 31 heavy (non-hydrogen) atoms. The van der Waals surface area contributed by atoms with Gasteiger partial charge in [0.15, 0.2) is 0 Å². The number of benzene rings is 1. The molecule has 1 aliphatic heterocycles. The van der Waals surface area contributed by atoms with Crippen molar-refractivity contribution in [2.75, 3.05) is 27.2 Å². The van der Waals surface area contributed by atoms with E-state index < -0.39 is 17.0 Å². The van der Waals surface area contributed by atoms with E-state index >= 15 is 0 Å². The Kier molecular flexibility index (Phi) is 5.41. The predicted octanol–water partition coefficient (Wildman–Crippen LogP) is 1.32. The number of likely N-dealkylation sites (tertiary alicyclic amines) is 1. The van der Waals surface area contributed by atoms with Crippen molar-refractivity contribution in [1.82, 2.24) is 30.0 Å². The van der Waals surface area contributed by atoms with E-state index in [0.717, 1.165) is 16.7 Å². The van der Waals surface area contributed by atoms with Gasteiger partial charge in [-0.1, -0.05) is 30.3 Å². The molecule has 1 saturated heterocycles. The molecule has 0 unspecified atom stereocenters. The number of aromatic amines is 2. The van der Waals surface area contributed by atoms with Crippen LogP contribution in [0.5, 0.6) is 0 Å². The maximum atomic E-state index is 13.2. The van der Waals surface area contributed by atoms with Crippen LogP contribution in [0, 0.1) is 5.41 Å². The van der Waals surface area contributed by atoms with Crippen molar-refractivity contribution < 1.29 is 9.59 Å². The molecule has 0 radical (unpaired) electrons. The number of H-pyrrole nitrogens is 2. The third-order valence-electron chi connectivity index (χ3n) is 5.70. The number of rotatable bonds is 5. The number of amides is 2. The minimum Gasteiger partial charge on any atom is -0.348 e. The van der Waals surface area contributed by atoms with Crippen molar-refractivity contribution in [3.8, 4) is 11.1 Å². The Balaban J connectivity index is 1.57. The molecular formula is C22H24N6O3. The molecule has 9 heteroatoms. The summed E-state index contributed by atoms with van der Waals surface area (Å²) in [6.07, 6.45) is 4.60. The summed E-state index contributed by atoms with van der Waals surface area (Å²) < 4.78 is 0. The van der Waals surface area contributed by atoms with Crippen LogP contribution in [0.4, 0.5) is 0 Å². The number of hydrogen-bond acceptors (Lipinski definition) is 5. The fourth-order valence-electron chi connectivity index (χ4n) is 4.18. The summed E-state index contributed by atoms with van der Waals surface area (Å²) in [5, 5.41) is 5.93. The molecule has 1 aliphatic rings. The number of carbonyl (C=O) groups excluding carboxylic acids is 2. The van der Waals surface area contributed by atoms with E-state index in [1.54, 1.807) is 30.1 Å². The first-order valence-electron chi connectivity index (χ1n) is 10.0. The van der Waals surface area contributed by atoms with Gasteiger partial charge in [-0.3, -0.25) is 19.6 Å². The fourth-order valence-corrected chi connectivity index (χ4v) is 4.18. The van der Waals surface area contributed by atoms with E-state index in [2.05, 4.69) is 20.2 Å². The molecule has 0 bridgehead atoms. The van der Waals surface area contributed by atoms with E-state index in [1.807, 2.05) is 42.6 Å². The lowest BCUT2D eigenvalue weighted by Gasteiger charge is -2.31. The molecule has 4 rings (SSSR count). The Morgan fingerprint density at radius 3 is 2.55 bits per heavy atom. The fraction of sp³-hybridized carbons (Fsp3) is 0.318. The van der Waals surface area contributed by atoms with Gasteiger partial charge in [0.2, 0.25) is 11.7 Å². The van der Waals surface area contributed by atoms with Crippen molar-refractivity contribution in [3.05, 3.63) is 70.7 Å². The van der Waals surface area contributed by atoms with Crippen LogP contribution in [0.2, 0.25) is 0 Å². The Hall–Kier alpha value is -3.75. The van der Waals surface area contributed by atoms with Crippen LogP contribution in [0.25, 0.3) is 11.1 Å². The summed E-state index contributed by atoms with van der Waals surface area (Å²) in [5.74, 6) is -0.452. The maximum absolute atomic E-state index is 13.2. The second kappa shape index (κ2) is 8.17. The molecule has 3 heterocycles. The lowest BCUT2D eigenvalue weighted by atomic mass is 9.79.